The topological polar surface area (TPSA) is 48.4 Å². The zero-order valence-electron chi connectivity index (χ0n) is 14.5. The van der Waals surface area contributed by atoms with Gasteiger partial charge in [0.1, 0.15) is 0 Å². The monoisotopic (exact) mass is 321 g/mol. The molecule has 0 bridgehead atoms. The van der Waals surface area contributed by atoms with Crippen LogP contribution in [0.2, 0.25) is 18.1 Å². The lowest BCUT2D eigenvalue weighted by atomic mass is 10.2. The zero-order valence-corrected chi connectivity index (χ0v) is 15.5. The van der Waals surface area contributed by atoms with Crippen LogP contribution in [0.3, 0.4) is 0 Å². The number of pyridine rings is 1. The second-order valence-corrected chi connectivity index (χ2v) is 11.5. The van der Waals surface area contributed by atoms with E-state index in [2.05, 4.69) is 38.8 Å². The lowest BCUT2D eigenvalue weighted by Gasteiger charge is -2.36. The Hall–Kier alpha value is -1.46. The Labute approximate surface area is 134 Å². The molecular formula is C17H27NO3Si. The zero-order chi connectivity index (χ0) is 16.8. The third-order valence-electron chi connectivity index (χ3n) is 3.89. The Bertz CT molecular complexity index is 533. The molecule has 1 aromatic rings. The van der Waals surface area contributed by atoms with E-state index in [1.165, 1.54) is 6.08 Å². The summed E-state index contributed by atoms with van der Waals surface area (Å²) in [7, 11) is -1.78. The first-order valence-corrected chi connectivity index (χ1v) is 10.5. The molecule has 0 radical (unpaired) electrons. The molecule has 1 rings (SSSR count). The highest BCUT2D eigenvalue weighted by Gasteiger charge is 2.37. The summed E-state index contributed by atoms with van der Waals surface area (Å²) in [5, 5.41) is 0.175. The number of carbonyl (C=O) groups is 1. The summed E-state index contributed by atoms with van der Waals surface area (Å²) in [5.74, 6) is -0.354. The summed E-state index contributed by atoms with van der Waals surface area (Å²) in [6, 6.07) is 5.71. The maximum atomic E-state index is 11.3. The minimum atomic E-state index is -1.78. The molecule has 0 fully saturated rings. The predicted molar refractivity (Wildman–Crippen MR) is 91.9 cm³/mol. The summed E-state index contributed by atoms with van der Waals surface area (Å²) in [5.41, 5.74) is 1.60. The molecule has 0 atom stereocenters. The number of esters is 1. The lowest BCUT2D eigenvalue weighted by molar-refractivity contribution is -0.137. The van der Waals surface area contributed by atoms with Crippen molar-refractivity contribution in [3.63, 3.8) is 0 Å². The van der Waals surface area contributed by atoms with Gasteiger partial charge in [0.25, 0.3) is 0 Å². The van der Waals surface area contributed by atoms with E-state index < -0.39 is 8.32 Å². The Morgan fingerprint density at radius 3 is 2.59 bits per heavy atom. The number of hydrogen-bond donors (Lipinski definition) is 0. The molecule has 0 aromatic carbocycles. The molecule has 0 unspecified atom stereocenters. The number of rotatable bonds is 6. The standard InChI is InChI=1S/C17H27NO3Si/c1-7-20-16(19)12-11-14-9-8-10-15(18-14)13-21-22(5,6)17(2,3)4/h8-12H,7,13H2,1-6H3. The van der Waals surface area contributed by atoms with Gasteiger partial charge in [-0.2, -0.15) is 0 Å². The van der Waals surface area contributed by atoms with Crippen molar-refractivity contribution in [1.82, 2.24) is 4.98 Å². The molecule has 0 N–H and O–H groups in total. The predicted octanol–water partition coefficient (Wildman–Crippen LogP) is 4.18. The number of ether oxygens (including phenoxy) is 1. The van der Waals surface area contributed by atoms with Crippen molar-refractivity contribution in [3.05, 3.63) is 35.7 Å². The molecule has 0 amide bonds. The summed E-state index contributed by atoms with van der Waals surface area (Å²) in [4.78, 5) is 15.8. The van der Waals surface area contributed by atoms with E-state index in [-0.39, 0.29) is 11.0 Å². The molecule has 22 heavy (non-hydrogen) atoms. The molecule has 0 saturated heterocycles. The highest BCUT2D eigenvalue weighted by atomic mass is 28.4. The van der Waals surface area contributed by atoms with Crippen LogP contribution >= 0.6 is 0 Å². The van der Waals surface area contributed by atoms with Crippen molar-refractivity contribution in [1.29, 1.82) is 0 Å². The van der Waals surface area contributed by atoms with E-state index in [4.69, 9.17) is 9.16 Å². The molecule has 122 valence electrons. The first kappa shape index (κ1) is 18.6. The molecule has 0 aliphatic rings. The van der Waals surface area contributed by atoms with Crippen molar-refractivity contribution in [2.24, 2.45) is 0 Å². The van der Waals surface area contributed by atoms with Crippen molar-refractivity contribution in [2.45, 2.75) is 52.4 Å². The third kappa shape index (κ3) is 5.73. The van der Waals surface area contributed by atoms with Gasteiger partial charge >= 0.3 is 5.97 Å². The van der Waals surface area contributed by atoms with Crippen LogP contribution in [0.4, 0.5) is 0 Å². The average Bonchev–Trinajstić information content (AvgIpc) is 2.43. The lowest BCUT2D eigenvalue weighted by Crippen LogP contribution is -2.40. The second kappa shape index (κ2) is 7.69. The maximum Gasteiger partial charge on any atom is 0.330 e. The van der Waals surface area contributed by atoms with Crippen LogP contribution < -0.4 is 0 Å². The van der Waals surface area contributed by atoms with Crippen molar-refractivity contribution in [2.75, 3.05) is 6.61 Å². The summed E-state index contributed by atoms with van der Waals surface area (Å²) in [6.45, 7) is 13.7. The SMILES string of the molecule is CCOC(=O)C=Cc1cccc(CO[Si](C)(C)C(C)(C)C)n1. The summed E-state index contributed by atoms with van der Waals surface area (Å²) >= 11 is 0. The molecular weight excluding hydrogens is 294 g/mol. The Morgan fingerprint density at radius 2 is 2.00 bits per heavy atom. The Kier molecular flexibility index (Phi) is 6.50. The van der Waals surface area contributed by atoms with Gasteiger partial charge in [-0.3, -0.25) is 4.98 Å². The van der Waals surface area contributed by atoms with Gasteiger partial charge in [0.2, 0.25) is 0 Å². The van der Waals surface area contributed by atoms with Crippen LogP contribution in [-0.4, -0.2) is 25.9 Å². The normalized spacial score (nSPS) is 12.6. The highest BCUT2D eigenvalue weighted by Crippen LogP contribution is 2.36. The summed E-state index contributed by atoms with van der Waals surface area (Å²) < 4.78 is 11.0. The number of hydrogen-bond acceptors (Lipinski definition) is 4. The smallest absolute Gasteiger partial charge is 0.330 e. The van der Waals surface area contributed by atoms with E-state index in [9.17, 15) is 4.79 Å². The van der Waals surface area contributed by atoms with Crippen LogP contribution in [0.1, 0.15) is 39.1 Å². The van der Waals surface area contributed by atoms with Crippen molar-refractivity contribution < 1.29 is 14.0 Å². The van der Waals surface area contributed by atoms with E-state index in [0.29, 0.717) is 13.2 Å². The maximum absolute atomic E-state index is 11.3. The highest BCUT2D eigenvalue weighted by molar-refractivity contribution is 6.74. The Balaban J connectivity index is 2.71. The van der Waals surface area contributed by atoms with Gasteiger partial charge < -0.3 is 9.16 Å². The van der Waals surface area contributed by atoms with Crippen molar-refractivity contribution in [3.8, 4) is 0 Å². The fourth-order valence-electron chi connectivity index (χ4n) is 1.49. The van der Waals surface area contributed by atoms with E-state index in [0.717, 1.165) is 11.4 Å². The molecule has 0 aliphatic heterocycles. The molecule has 1 heterocycles. The second-order valence-electron chi connectivity index (χ2n) is 6.69. The first-order chi connectivity index (χ1) is 10.2. The van der Waals surface area contributed by atoms with Gasteiger partial charge in [-0.1, -0.05) is 26.8 Å². The fourth-order valence-corrected chi connectivity index (χ4v) is 2.43. The molecule has 0 aliphatic carbocycles. The van der Waals surface area contributed by atoms with Crippen LogP contribution in [0.5, 0.6) is 0 Å². The van der Waals surface area contributed by atoms with Gasteiger partial charge in [0.15, 0.2) is 8.32 Å². The minimum Gasteiger partial charge on any atom is -0.463 e. The Morgan fingerprint density at radius 1 is 1.32 bits per heavy atom. The molecule has 0 saturated carbocycles. The fraction of sp³-hybridized carbons (Fsp3) is 0.529. The average molecular weight is 321 g/mol. The molecule has 5 heteroatoms. The van der Waals surface area contributed by atoms with Gasteiger partial charge in [0.05, 0.1) is 24.6 Å². The van der Waals surface area contributed by atoms with Crippen LogP contribution in [-0.2, 0) is 20.6 Å². The molecule has 1 aromatic heterocycles. The quantitative estimate of drug-likeness (QED) is 0.448. The van der Waals surface area contributed by atoms with E-state index in [1.807, 2.05) is 18.2 Å². The molecule has 4 nitrogen and oxygen atoms in total. The van der Waals surface area contributed by atoms with Crippen LogP contribution in [0, 0.1) is 0 Å². The van der Waals surface area contributed by atoms with Crippen molar-refractivity contribution >= 4 is 20.4 Å². The van der Waals surface area contributed by atoms with Crippen LogP contribution in [0.25, 0.3) is 6.08 Å². The first-order valence-electron chi connectivity index (χ1n) is 7.60. The summed E-state index contributed by atoms with van der Waals surface area (Å²) in [6.07, 6.45) is 3.05. The largest absolute Gasteiger partial charge is 0.463 e. The number of carbonyl (C=O) groups excluding carboxylic acids is 1. The van der Waals surface area contributed by atoms with Gasteiger partial charge in [-0.15, -0.1) is 0 Å². The van der Waals surface area contributed by atoms with E-state index in [1.54, 1.807) is 13.0 Å². The van der Waals surface area contributed by atoms with Crippen LogP contribution in [0.15, 0.2) is 24.3 Å². The molecule has 0 spiro atoms. The number of nitrogens with zero attached hydrogens (tertiary/aromatic N) is 1. The van der Waals surface area contributed by atoms with Gasteiger partial charge in [-0.05, 0) is 43.3 Å². The van der Waals surface area contributed by atoms with Gasteiger partial charge in [-0.25, -0.2) is 4.79 Å². The van der Waals surface area contributed by atoms with E-state index >= 15 is 0 Å². The number of aromatic nitrogens is 1. The minimum absolute atomic E-state index is 0.175. The third-order valence-corrected chi connectivity index (χ3v) is 8.37. The van der Waals surface area contributed by atoms with Gasteiger partial charge in [0, 0.05) is 6.08 Å².